The van der Waals surface area contributed by atoms with E-state index in [1.807, 2.05) is 0 Å². The van der Waals surface area contributed by atoms with Crippen molar-refractivity contribution in [2.75, 3.05) is 13.7 Å². The Hall–Kier alpha value is -1.38. The van der Waals surface area contributed by atoms with Gasteiger partial charge in [-0.15, -0.1) is 0 Å². The summed E-state index contributed by atoms with van der Waals surface area (Å²) in [4.78, 5) is 23.1. The zero-order chi connectivity index (χ0) is 21.2. The van der Waals surface area contributed by atoms with Gasteiger partial charge in [0, 0.05) is 20.0 Å². The average Bonchev–Trinajstić information content (AvgIpc) is 2.64. The Labute approximate surface area is 160 Å². The van der Waals surface area contributed by atoms with E-state index in [1.54, 1.807) is 6.92 Å². The molecule has 162 valence electrons. The van der Waals surface area contributed by atoms with Gasteiger partial charge in [0.2, 0.25) is 5.91 Å². The van der Waals surface area contributed by atoms with Crippen LogP contribution in [0.3, 0.4) is 0 Å². The molecule has 0 aliphatic carbocycles. The van der Waals surface area contributed by atoms with Gasteiger partial charge in [-0.1, -0.05) is 6.92 Å². The number of aliphatic carboxylic acids is 1. The molecular weight excluding hydrogens is 382 g/mol. The summed E-state index contributed by atoms with van der Waals surface area (Å²) in [6.45, 7) is 2.27. The van der Waals surface area contributed by atoms with E-state index >= 15 is 0 Å². The Balaban J connectivity index is 2.28. The molecule has 12 nitrogen and oxygen atoms in total. The summed E-state index contributed by atoms with van der Waals surface area (Å²) < 4.78 is 21.1. The van der Waals surface area contributed by atoms with E-state index in [0.717, 1.165) is 0 Å². The van der Waals surface area contributed by atoms with E-state index < -0.39 is 79.6 Å². The fraction of sp³-hybridized carbons (Fsp3) is 0.875. The van der Waals surface area contributed by atoms with Gasteiger partial charge >= 0.3 is 5.97 Å². The summed E-state index contributed by atoms with van der Waals surface area (Å²) in [5.74, 6) is -2.57. The van der Waals surface area contributed by atoms with E-state index in [2.05, 4.69) is 5.32 Å². The lowest BCUT2D eigenvalue weighted by Crippen LogP contribution is -2.66. The van der Waals surface area contributed by atoms with Crippen LogP contribution in [0.1, 0.15) is 13.8 Å². The maximum absolute atomic E-state index is 11.6. The van der Waals surface area contributed by atoms with Crippen LogP contribution >= 0.6 is 0 Å². The topological polar surface area (TPSA) is 184 Å². The molecule has 1 amide bonds. The zero-order valence-electron chi connectivity index (χ0n) is 15.7. The Morgan fingerprint density at radius 1 is 1.07 bits per heavy atom. The highest BCUT2D eigenvalue weighted by molar-refractivity contribution is 5.74. The molecule has 0 bridgehead atoms. The van der Waals surface area contributed by atoms with Crippen molar-refractivity contribution in [2.24, 2.45) is 5.92 Å². The van der Waals surface area contributed by atoms with Crippen molar-refractivity contribution in [2.45, 2.75) is 69.1 Å². The van der Waals surface area contributed by atoms with Crippen LogP contribution in [0, 0.1) is 5.92 Å². The van der Waals surface area contributed by atoms with Gasteiger partial charge in [-0.05, 0) is 0 Å². The van der Waals surface area contributed by atoms with Gasteiger partial charge in [0.25, 0.3) is 0 Å². The lowest BCUT2D eigenvalue weighted by molar-refractivity contribution is -0.335. The monoisotopic (exact) mass is 409 g/mol. The van der Waals surface area contributed by atoms with Crippen molar-refractivity contribution in [1.82, 2.24) is 5.32 Å². The zero-order valence-corrected chi connectivity index (χ0v) is 15.7. The third-order valence-corrected chi connectivity index (χ3v) is 4.95. The molecule has 28 heavy (non-hydrogen) atoms. The highest BCUT2D eigenvalue weighted by Gasteiger charge is 2.52. The van der Waals surface area contributed by atoms with Crippen LogP contribution in [0.5, 0.6) is 0 Å². The second kappa shape index (κ2) is 9.41. The maximum Gasteiger partial charge on any atom is 0.335 e. The normalized spacial score (nSPS) is 44.1. The third kappa shape index (κ3) is 4.60. The number of hydrogen-bond acceptors (Lipinski definition) is 10. The van der Waals surface area contributed by atoms with E-state index in [1.165, 1.54) is 14.0 Å². The smallest absolute Gasteiger partial charge is 0.335 e. The number of amides is 1. The second-order valence-corrected chi connectivity index (χ2v) is 6.88. The number of nitrogens with one attached hydrogen (secondary N) is 1. The first-order chi connectivity index (χ1) is 13.1. The van der Waals surface area contributed by atoms with Gasteiger partial charge in [-0.25, -0.2) is 4.79 Å². The molecule has 2 rings (SSSR count). The predicted molar refractivity (Wildman–Crippen MR) is 88.7 cm³/mol. The second-order valence-electron chi connectivity index (χ2n) is 6.88. The summed E-state index contributed by atoms with van der Waals surface area (Å²) in [7, 11) is 1.17. The van der Waals surface area contributed by atoms with Crippen molar-refractivity contribution in [1.29, 1.82) is 0 Å². The minimum absolute atomic E-state index is 0.460. The number of hydrogen-bond donors (Lipinski definition) is 6. The Bertz CT molecular complexity index is 561. The molecule has 2 heterocycles. The highest BCUT2D eigenvalue weighted by Crippen LogP contribution is 2.31. The van der Waals surface area contributed by atoms with Crippen molar-refractivity contribution < 1.29 is 54.1 Å². The first-order valence-corrected chi connectivity index (χ1v) is 8.76. The molecule has 10 atom stereocenters. The van der Waals surface area contributed by atoms with Gasteiger partial charge in [-0.2, -0.15) is 0 Å². The van der Waals surface area contributed by atoms with E-state index in [9.17, 15) is 35.1 Å². The van der Waals surface area contributed by atoms with Gasteiger partial charge in [0.15, 0.2) is 18.7 Å². The molecule has 2 aliphatic rings. The molecule has 0 spiro atoms. The summed E-state index contributed by atoms with van der Waals surface area (Å²) in [6.07, 6.45) is -11.5. The first-order valence-electron chi connectivity index (χ1n) is 8.76. The number of carboxylic acid groups (broad SMARTS) is 1. The van der Waals surface area contributed by atoms with Crippen LogP contribution in [-0.4, -0.2) is 106 Å². The van der Waals surface area contributed by atoms with Crippen LogP contribution in [-0.2, 0) is 28.5 Å². The summed E-state index contributed by atoms with van der Waals surface area (Å²) in [5, 5.41) is 52.0. The Kier molecular flexibility index (Phi) is 7.70. The van der Waals surface area contributed by atoms with Gasteiger partial charge in [-0.3, -0.25) is 4.79 Å². The number of rotatable bonds is 6. The lowest BCUT2D eigenvalue weighted by Gasteiger charge is -2.47. The largest absolute Gasteiger partial charge is 0.479 e. The number of ether oxygens (including phenoxy) is 4. The molecule has 2 aliphatic heterocycles. The Morgan fingerprint density at radius 2 is 1.71 bits per heavy atom. The molecule has 0 aromatic heterocycles. The highest BCUT2D eigenvalue weighted by atomic mass is 16.7. The quantitative estimate of drug-likeness (QED) is 0.259. The van der Waals surface area contributed by atoms with E-state index in [0.29, 0.717) is 0 Å². The van der Waals surface area contributed by atoms with Crippen LogP contribution in [0.25, 0.3) is 0 Å². The van der Waals surface area contributed by atoms with Crippen molar-refractivity contribution in [3.8, 4) is 0 Å². The van der Waals surface area contributed by atoms with Crippen molar-refractivity contribution >= 4 is 11.9 Å². The fourth-order valence-corrected chi connectivity index (χ4v) is 3.38. The van der Waals surface area contributed by atoms with Gasteiger partial charge in [0.05, 0.1) is 18.8 Å². The standard InChI is InChI=1S/C16H27NO11/c1-5-8(17-6(2)19)15(26-7(4-18)9(5)20)27-12-10(21)11(22)16(25-3)28-13(12)14(23)24/h5,7-13,15-16,18,20-22H,4H2,1-3H3,(H,17,19)(H,23,24)/t5?,7?,8?,9?,10?,11?,12-,13?,15-,16?/m0/s1. The lowest BCUT2D eigenvalue weighted by atomic mass is 9.88. The maximum atomic E-state index is 11.6. The molecule has 0 aromatic rings. The molecule has 0 saturated carbocycles. The number of aliphatic hydroxyl groups excluding tert-OH is 4. The SMILES string of the molecule is COC1OC(C(=O)O)[C@@H](O[C@@H]2OC(CO)C(O)C(C)C2NC(C)=O)C(O)C1O. The molecule has 8 unspecified atom stereocenters. The van der Waals surface area contributed by atoms with Crippen LogP contribution < -0.4 is 5.32 Å². The Morgan fingerprint density at radius 3 is 2.21 bits per heavy atom. The molecule has 12 heteroatoms. The number of methoxy groups -OCH3 is 1. The van der Waals surface area contributed by atoms with Crippen LogP contribution in [0.15, 0.2) is 0 Å². The molecule has 0 radical (unpaired) electrons. The van der Waals surface area contributed by atoms with E-state index in [4.69, 9.17) is 18.9 Å². The number of carboxylic acids is 1. The minimum Gasteiger partial charge on any atom is -0.479 e. The first kappa shape index (κ1) is 22.9. The minimum atomic E-state index is -1.71. The van der Waals surface area contributed by atoms with E-state index in [-0.39, 0.29) is 0 Å². The summed E-state index contributed by atoms with van der Waals surface area (Å²) in [5.41, 5.74) is 0. The van der Waals surface area contributed by atoms with Crippen molar-refractivity contribution in [3.05, 3.63) is 0 Å². The predicted octanol–water partition coefficient (Wildman–Crippen LogP) is -3.23. The molecular formula is C16H27NO11. The third-order valence-electron chi connectivity index (χ3n) is 4.95. The average molecular weight is 409 g/mol. The van der Waals surface area contributed by atoms with Gasteiger partial charge < -0.3 is 49.8 Å². The summed E-state index contributed by atoms with van der Waals surface area (Å²) >= 11 is 0. The van der Waals surface area contributed by atoms with Gasteiger partial charge in [0.1, 0.15) is 24.4 Å². The number of carbonyl (C=O) groups excluding carboxylic acids is 1. The molecule has 0 aromatic carbocycles. The fourth-order valence-electron chi connectivity index (χ4n) is 3.38. The molecule has 6 N–H and O–H groups in total. The molecule has 2 fully saturated rings. The molecule has 2 saturated heterocycles. The van der Waals surface area contributed by atoms with Crippen LogP contribution in [0.2, 0.25) is 0 Å². The summed E-state index contributed by atoms with van der Waals surface area (Å²) in [6, 6.07) is -0.922. The van der Waals surface area contributed by atoms with Crippen LogP contribution in [0.4, 0.5) is 0 Å². The van der Waals surface area contributed by atoms with Crippen molar-refractivity contribution in [3.63, 3.8) is 0 Å². The number of carbonyl (C=O) groups is 2. The number of aliphatic hydroxyl groups is 4.